The van der Waals surface area contributed by atoms with E-state index in [9.17, 15) is 21.6 Å². The summed E-state index contributed by atoms with van der Waals surface area (Å²) in [4.78, 5) is 0. The number of rotatable bonds is 4. The molecule has 0 aromatic heterocycles. The Morgan fingerprint density at radius 1 is 1.32 bits per heavy atom. The maximum Gasteiger partial charge on any atom is 0.416 e. The first-order chi connectivity index (χ1) is 8.51. The van der Waals surface area contributed by atoms with Gasteiger partial charge in [-0.2, -0.15) is 13.2 Å². The summed E-state index contributed by atoms with van der Waals surface area (Å²) in [6.07, 6.45) is -4.51. The summed E-state index contributed by atoms with van der Waals surface area (Å²) >= 11 is 3.02. The summed E-state index contributed by atoms with van der Waals surface area (Å²) < 4.78 is 63.5. The molecule has 0 amide bonds. The minimum absolute atomic E-state index is 0.115. The second-order valence-corrected chi connectivity index (χ2v) is 7.09. The van der Waals surface area contributed by atoms with E-state index in [2.05, 4.69) is 20.7 Å². The van der Waals surface area contributed by atoms with Crippen molar-refractivity contribution in [3.8, 4) is 0 Å². The van der Waals surface area contributed by atoms with Crippen molar-refractivity contribution in [1.29, 1.82) is 0 Å². The monoisotopic (exact) mass is 359 g/mol. The van der Waals surface area contributed by atoms with Crippen molar-refractivity contribution in [2.75, 3.05) is 10.5 Å². The molecule has 1 aromatic rings. The van der Waals surface area contributed by atoms with Gasteiger partial charge >= 0.3 is 6.18 Å². The summed E-state index contributed by atoms with van der Waals surface area (Å²) in [5.41, 5.74) is -1.02. The van der Waals surface area contributed by atoms with Crippen molar-refractivity contribution in [3.63, 3.8) is 0 Å². The Morgan fingerprint density at radius 3 is 2.37 bits per heavy atom. The minimum Gasteiger partial charge on any atom is -0.282 e. The number of alkyl halides is 3. The molecule has 1 N–H and O–H groups in total. The van der Waals surface area contributed by atoms with Crippen LogP contribution in [0, 0.1) is 5.92 Å². The molecule has 1 rings (SSSR count). The third kappa shape index (κ3) is 5.02. The van der Waals surface area contributed by atoms with Crippen molar-refractivity contribution >= 4 is 31.6 Å². The Morgan fingerprint density at radius 2 is 1.89 bits per heavy atom. The normalized spacial score (nSPS) is 12.8. The topological polar surface area (TPSA) is 46.2 Å². The van der Waals surface area contributed by atoms with Gasteiger partial charge in [0.1, 0.15) is 0 Å². The molecule has 0 spiro atoms. The van der Waals surface area contributed by atoms with Gasteiger partial charge in [0.15, 0.2) is 0 Å². The lowest BCUT2D eigenvalue weighted by Gasteiger charge is -2.14. The van der Waals surface area contributed by atoms with Crippen LogP contribution in [-0.2, 0) is 16.2 Å². The zero-order valence-electron chi connectivity index (χ0n) is 10.3. The first-order valence-electron chi connectivity index (χ1n) is 5.38. The standard InChI is InChI=1S/C11H13BrF3NO2S/c1-7(2)6-19(17,18)16-10-5-8(11(13,14)15)3-4-9(10)12/h3-5,7,16H,6H2,1-2H3. The molecule has 0 atom stereocenters. The van der Waals surface area contributed by atoms with Gasteiger partial charge in [0, 0.05) is 4.47 Å². The van der Waals surface area contributed by atoms with Crippen molar-refractivity contribution in [2.45, 2.75) is 20.0 Å². The van der Waals surface area contributed by atoms with E-state index in [-0.39, 0.29) is 21.8 Å². The Kier molecular flexibility index (Phi) is 4.89. The van der Waals surface area contributed by atoms with E-state index in [1.807, 2.05) is 0 Å². The molecule has 108 valence electrons. The molecule has 0 fully saturated rings. The minimum atomic E-state index is -4.51. The van der Waals surface area contributed by atoms with E-state index in [1.165, 1.54) is 0 Å². The van der Waals surface area contributed by atoms with Gasteiger partial charge in [-0.3, -0.25) is 4.72 Å². The van der Waals surface area contributed by atoms with Gasteiger partial charge in [-0.1, -0.05) is 13.8 Å². The molecule has 0 unspecified atom stereocenters. The first kappa shape index (κ1) is 16.3. The zero-order chi connectivity index (χ0) is 14.8. The van der Waals surface area contributed by atoms with Crippen LogP contribution in [0.15, 0.2) is 22.7 Å². The van der Waals surface area contributed by atoms with Crippen LogP contribution in [0.1, 0.15) is 19.4 Å². The number of halogens is 4. The van der Waals surface area contributed by atoms with Crippen molar-refractivity contribution in [3.05, 3.63) is 28.2 Å². The van der Waals surface area contributed by atoms with E-state index in [0.717, 1.165) is 18.2 Å². The number of anilines is 1. The number of sulfonamides is 1. The third-order valence-corrected chi connectivity index (χ3v) is 4.44. The predicted molar refractivity (Wildman–Crippen MR) is 71.4 cm³/mol. The van der Waals surface area contributed by atoms with Crippen molar-refractivity contribution in [1.82, 2.24) is 0 Å². The summed E-state index contributed by atoms with van der Waals surface area (Å²) in [5.74, 6) is -0.280. The highest BCUT2D eigenvalue weighted by Crippen LogP contribution is 2.34. The van der Waals surface area contributed by atoms with E-state index in [1.54, 1.807) is 13.8 Å². The zero-order valence-corrected chi connectivity index (χ0v) is 12.7. The number of hydrogen-bond donors (Lipinski definition) is 1. The Balaban J connectivity index is 3.08. The Hall–Kier alpha value is -0.760. The lowest BCUT2D eigenvalue weighted by molar-refractivity contribution is -0.137. The molecule has 0 saturated heterocycles. The highest BCUT2D eigenvalue weighted by molar-refractivity contribution is 9.10. The molecule has 8 heteroatoms. The highest BCUT2D eigenvalue weighted by Gasteiger charge is 2.31. The first-order valence-corrected chi connectivity index (χ1v) is 7.83. The molecule has 3 nitrogen and oxygen atoms in total. The molecule has 0 aliphatic heterocycles. The molecule has 0 bridgehead atoms. The van der Waals surface area contributed by atoms with E-state index in [4.69, 9.17) is 0 Å². The molecule has 0 heterocycles. The van der Waals surface area contributed by atoms with Crippen molar-refractivity contribution in [2.24, 2.45) is 5.92 Å². The van der Waals surface area contributed by atoms with Gasteiger partial charge in [-0.15, -0.1) is 0 Å². The average Bonchev–Trinajstić information content (AvgIpc) is 2.17. The molecular formula is C11H13BrF3NO2S. The van der Waals surface area contributed by atoms with Crippen LogP contribution in [0.4, 0.5) is 18.9 Å². The fourth-order valence-corrected chi connectivity index (χ4v) is 3.37. The highest BCUT2D eigenvalue weighted by atomic mass is 79.9. The van der Waals surface area contributed by atoms with Crippen LogP contribution in [0.3, 0.4) is 0 Å². The summed E-state index contributed by atoms with van der Waals surface area (Å²) in [5, 5.41) is 0. The van der Waals surface area contributed by atoms with Crippen LogP contribution < -0.4 is 4.72 Å². The quantitative estimate of drug-likeness (QED) is 0.886. The van der Waals surface area contributed by atoms with Gasteiger partial charge in [-0.25, -0.2) is 8.42 Å². The molecule has 0 aliphatic carbocycles. The van der Waals surface area contributed by atoms with Crippen LogP contribution >= 0.6 is 15.9 Å². The van der Waals surface area contributed by atoms with Crippen molar-refractivity contribution < 1.29 is 21.6 Å². The maximum absolute atomic E-state index is 12.6. The lowest BCUT2D eigenvalue weighted by atomic mass is 10.2. The molecule has 0 aliphatic rings. The fourth-order valence-electron chi connectivity index (χ4n) is 1.43. The van der Waals surface area contributed by atoms with E-state index >= 15 is 0 Å². The van der Waals surface area contributed by atoms with Crippen LogP contribution in [0.2, 0.25) is 0 Å². The number of benzene rings is 1. The molecular weight excluding hydrogens is 347 g/mol. The Labute approximate surface area is 118 Å². The summed E-state index contributed by atoms with van der Waals surface area (Å²) in [6, 6.07) is 2.81. The maximum atomic E-state index is 12.6. The molecule has 0 saturated carbocycles. The lowest BCUT2D eigenvalue weighted by Crippen LogP contribution is -2.20. The molecule has 0 radical (unpaired) electrons. The smallest absolute Gasteiger partial charge is 0.282 e. The third-order valence-electron chi connectivity index (χ3n) is 2.11. The second-order valence-electron chi connectivity index (χ2n) is 4.47. The number of nitrogens with one attached hydrogen (secondary N) is 1. The fraction of sp³-hybridized carbons (Fsp3) is 0.455. The Bertz CT molecular complexity index is 556. The largest absolute Gasteiger partial charge is 0.416 e. The van der Waals surface area contributed by atoms with Crippen LogP contribution in [0.5, 0.6) is 0 Å². The SMILES string of the molecule is CC(C)CS(=O)(=O)Nc1cc(C(F)(F)F)ccc1Br. The van der Waals surface area contributed by atoms with Gasteiger partial charge in [0.25, 0.3) is 0 Å². The van der Waals surface area contributed by atoms with Gasteiger partial charge in [-0.05, 0) is 40.0 Å². The van der Waals surface area contributed by atoms with Gasteiger partial charge < -0.3 is 0 Å². The summed E-state index contributed by atoms with van der Waals surface area (Å²) in [7, 11) is -3.67. The summed E-state index contributed by atoms with van der Waals surface area (Å²) in [6.45, 7) is 3.42. The van der Waals surface area contributed by atoms with Crippen LogP contribution in [0.25, 0.3) is 0 Å². The van der Waals surface area contributed by atoms with Crippen LogP contribution in [-0.4, -0.2) is 14.2 Å². The predicted octanol–water partition coefficient (Wildman–Crippen LogP) is 3.87. The second kappa shape index (κ2) is 5.70. The van der Waals surface area contributed by atoms with E-state index < -0.39 is 21.8 Å². The van der Waals surface area contributed by atoms with Gasteiger partial charge in [0.05, 0.1) is 17.0 Å². The van der Waals surface area contributed by atoms with E-state index in [0.29, 0.717) is 0 Å². The van der Waals surface area contributed by atoms with Gasteiger partial charge in [0.2, 0.25) is 10.0 Å². The molecule has 1 aromatic carbocycles. The number of hydrogen-bond acceptors (Lipinski definition) is 2. The average molecular weight is 360 g/mol. The molecule has 19 heavy (non-hydrogen) atoms.